The molecule has 2 amide bonds. The van der Waals surface area contributed by atoms with Gasteiger partial charge in [-0.05, 0) is 123 Å². The number of hydrogen-bond acceptors (Lipinski definition) is 7. The van der Waals surface area contributed by atoms with Crippen molar-refractivity contribution in [3.05, 3.63) is 155 Å². The summed E-state index contributed by atoms with van der Waals surface area (Å²) in [4.78, 5) is 35.3. The van der Waals surface area contributed by atoms with E-state index in [2.05, 4.69) is 71.3 Å². The van der Waals surface area contributed by atoms with Crippen molar-refractivity contribution >= 4 is 29.6 Å². The Balaban J connectivity index is 1.41. The predicted octanol–water partition coefficient (Wildman–Crippen LogP) is 10.8. The average molecular weight is 783 g/mol. The minimum absolute atomic E-state index is 0.428. The number of ether oxygens (including phenoxy) is 4. The van der Waals surface area contributed by atoms with E-state index >= 15 is 0 Å². The van der Waals surface area contributed by atoms with Crippen LogP contribution in [0.5, 0.6) is 11.5 Å². The van der Waals surface area contributed by atoms with Crippen LogP contribution in [0.4, 0.5) is 9.59 Å². The number of amides is 2. The molecule has 0 aliphatic carbocycles. The Hall–Kier alpha value is -6.35. The first kappa shape index (κ1) is 42.8. The first-order valence-electron chi connectivity index (χ1n) is 19.6. The molecule has 0 spiro atoms. The molecule has 0 fully saturated rings. The van der Waals surface area contributed by atoms with E-state index in [0.29, 0.717) is 44.7 Å². The number of carbonyl (C=O) groups excluding carboxylic acids is 3. The van der Waals surface area contributed by atoms with Gasteiger partial charge in [0.25, 0.3) is 0 Å². The topological polar surface area (TPSA) is 112 Å². The van der Waals surface area contributed by atoms with Gasteiger partial charge >= 0.3 is 12.2 Å². The molecule has 2 N–H and O–H groups in total. The third kappa shape index (κ3) is 13.4. The standard InChI is InChI=1S/C49H54N2O7/c1-48(2,3)57-46(53)50-30-10-32-55-42-26-22-40(23-27-42)44(38-12-8-7-9-13-38)45(39-20-18-37(19-21-39)36-16-14-35(34-52)15-17-36)41-24-28-43(29-25-41)56-33-11-31-51-47(54)58-49(4,5)6/h7-9,12-29,34H,10-11,30-33H2,1-6H3,(H,50,53)(H,51,54). The molecular formula is C49H54N2O7. The van der Waals surface area contributed by atoms with Gasteiger partial charge in [0.2, 0.25) is 0 Å². The molecule has 0 saturated carbocycles. The van der Waals surface area contributed by atoms with E-state index in [0.717, 1.165) is 62.3 Å². The molecule has 0 atom stereocenters. The van der Waals surface area contributed by atoms with Crippen molar-refractivity contribution in [1.29, 1.82) is 0 Å². The van der Waals surface area contributed by atoms with Gasteiger partial charge in [-0.25, -0.2) is 9.59 Å². The zero-order valence-corrected chi connectivity index (χ0v) is 34.3. The number of alkyl carbamates (subject to hydrolysis) is 2. The second-order valence-electron chi connectivity index (χ2n) is 15.7. The summed E-state index contributed by atoms with van der Waals surface area (Å²) >= 11 is 0. The van der Waals surface area contributed by atoms with Gasteiger partial charge in [0.05, 0.1) is 13.2 Å². The molecule has 0 bridgehead atoms. The van der Waals surface area contributed by atoms with Crippen LogP contribution in [0.25, 0.3) is 22.3 Å². The Morgan fingerprint density at radius 2 is 0.862 bits per heavy atom. The van der Waals surface area contributed by atoms with E-state index in [1.165, 1.54) is 0 Å². The molecule has 0 radical (unpaired) electrons. The van der Waals surface area contributed by atoms with Crippen molar-refractivity contribution in [3.8, 4) is 22.6 Å². The number of hydrogen-bond donors (Lipinski definition) is 2. The maximum absolute atomic E-state index is 12.0. The number of benzene rings is 5. The quantitative estimate of drug-likeness (QED) is 0.0582. The number of rotatable bonds is 16. The Labute approximate surface area is 342 Å². The van der Waals surface area contributed by atoms with E-state index in [1.807, 2.05) is 108 Å². The third-order valence-electron chi connectivity index (χ3n) is 8.67. The maximum atomic E-state index is 12.0. The van der Waals surface area contributed by atoms with Crippen LogP contribution in [0.3, 0.4) is 0 Å². The summed E-state index contributed by atoms with van der Waals surface area (Å²) < 4.78 is 22.7. The SMILES string of the molecule is CC(C)(C)OC(=O)NCCCOc1ccc(C(=C(c2ccc(OCCCNC(=O)OC(C)(C)C)cc2)c2ccc(-c3ccc(C=O)cc3)cc2)c2ccccc2)cc1. The third-order valence-corrected chi connectivity index (χ3v) is 8.67. The lowest BCUT2D eigenvalue weighted by molar-refractivity contribution is 0.0513. The van der Waals surface area contributed by atoms with Crippen LogP contribution in [0, 0.1) is 0 Å². The van der Waals surface area contributed by atoms with Crippen LogP contribution >= 0.6 is 0 Å². The zero-order valence-electron chi connectivity index (χ0n) is 34.3. The molecule has 0 aliphatic heterocycles. The van der Waals surface area contributed by atoms with Crippen molar-refractivity contribution in [3.63, 3.8) is 0 Å². The summed E-state index contributed by atoms with van der Waals surface area (Å²) in [6.45, 7) is 12.7. The molecule has 58 heavy (non-hydrogen) atoms. The zero-order chi connectivity index (χ0) is 41.5. The van der Waals surface area contributed by atoms with Crippen molar-refractivity contribution in [2.24, 2.45) is 0 Å². The van der Waals surface area contributed by atoms with Crippen LogP contribution in [0.1, 0.15) is 87.0 Å². The molecule has 0 saturated heterocycles. The van der Waals surface area contributed by atoms with Gasteiger partial charge in [-0.1, -0.05) is 103 Å². The highest BCUT2D eigenvalue weighted by Crippen LogP contribution is 2.38. The molecule has 0 aliphatic rings. The minimum atomic E-state index is -0.551. The molecular weight excluding hydrogens is 729 g/mol. The van der Waals surface area contributed by atoms with Crippen molar-refractivity contribution in [1.82, 2.24) is 10.6 Å². The van der Waals surface area contributed by atoms with Gasteiger partial charge in [-0.2, -0.15) is 0 Å². The molecule has 0 heterocycles. The van der Waals surface area contributed by atoms with Gasteiger partial charge < -0.3 is 29.6 Å². The molecule has 5 aromatic rings. The summed E-state index contributed by atoms with van der Waals surface area (Å²) in [5, 5.41) is 5.54. The molecule has 0 unspecified atom stereocenters. The molecule has 302 valence electrons. The summed E-state index contributed by atoms with van der Waals surface area (Å²) in [5.41, 5.74) is 7.73. The van der Waals surface area contributed by atoms with Crippen LogP contribution in [-0.4, -0.2) is 56.0 Å². The van der Waals surface area contributed by atoms with Crippen LogP contribution in [0.15, 0.2) is 127 Å². The van der Waals surface area contributed by atoms with Crippen LogP contribution in [0.2, 0.25) is 0 Å². The largest absolute Gasteiger partial charge is 0.494 e. The summed E-state index contributed by atoms with van der Waals surface area (Å²) in [6, 6.07) is 42.5. The van der Waals surface area contributed by atoms with E-state index in [-0.39, 0.29) is 0 Å². The Morgan fingerprint density at radius 3 is 1.24 bits per heavy atom. The second-order valence-corrected chi connectivity index (χ2v) is 15.7. The smallest absolute Gasteiger partial charge is 0.407 e. The fraction of sp³-hybridized carbons (Fsp3) is 0.286. The molecule has 9 nitrogen and oxygen atoms in total. The van der Waals surface area contributed by atoms with Crippen molar-refractivity contribution < 1.29 is 33.3 Å². The monoisotopic (exact) mass is 782 g/mol. The Bertz CT molecular complexity index is 2110. The highest BCUT2D eigenvalue weighted by molar-refractivity contribution is 6.04. The average Bonchev–Trinajstić information content (AvgIpc) is 3.19. The lowest BCUT2D eigenvalue weighted by Gasteiger charge is -2.20. The van der Waals surface area contributed by atoms with Crippen LogP contribution < -0.4 is 20.1 Å². The fourth-order valence-corrected chi connectivity index (χ4v) is 6.07. The normalized spacial score (nSPS) is 11.8. The molecule has 5 aromatic carbocycles. The van der Waals surface area contributed by atoms with Gasteiger partial charge in [0.15, 0.2) is 0 Å². The molecule has 0 aromatic heterocycles. The molecule has 5 rings (SSSR count). The van der Waals surface area contributed by atoms with Crippen molar-refractivity contribution in [2.75, 3.05) is 26.3 Å². The Morgan fingerprint density at radius 1 is 0.500 bits per heavy atom. The molecule has 9 heteroatoms. The van der Waals surface area contributed by atoms with Gasteiger partial charge in [-0.15, -0.1) is 0 Å². The highest BCUT2D eigenvalue weighted by atomic mass is 16.6. The first-order chi connectivity index (χ1) is 27.8. The van der Waals surface area contributed by atoms with Gasteiger partial charge in [0, 0.05) is 18.7 Å². The van der Waals surface area contributed by atoms with E-state index in [9.17, 15) is 14.4 Å². The number of carbonyl (C=O) groups is 3. The van der Waals surface area contributed by atoms with E-state index in [1.54, 1.807) is 0 Å². The van der Waals surface area contributed by atoms with Gasteiger partial charge in [-0.3, -0.25) is 4.79 Å². The first-order valence-corrected chi connectivity index (χ1v) is 19.6. The summed E-state index contributed by atoms with van der Waals surface area (Å²) in [7, 11) is 0. The predicted molar refractivity (Wildman–Crippen MR) is 230 cm³/mol. The lowest BCUT2D eigenvalue weighted by Crippen LogP contribution is -2.33. The number of nitrogens with one attached hydrogen (secondary N) is 2. The van der Waals surface area contributed by atoms with Gasteiger partial charge in [0.1, 0.15) is 29.0 Å². The highest BCUT2D eigenvalue weighted by Gasteiger charge is 2.19. The van der Waals surface area contributed by atoms with Crippen LogP contribution in [-0.2, 0) is 9.47 Å². The summed E-state index contributed by atoms with van der Waals surface area (Å²) in [5.74, 6) is 1.45. The minimum Gasteiger partial charge on any atom is -0.494 e. The van der Waals surface area contributed by atoms with E-state index in [4.69, 9.17) is 18.9 Å². The second kappa shape index (κ2) is 20.2. The Kier molecular flexibility index (Phi) is 14.9. The summed E-state index contributed by atoms with van der Waals surface area (Å²) in [6.07, 6.45) is 1.21. The number of aldehydes is 1. The lowest BCUT2D eigenvalue weighted by atomic mass is 9.85. The maximum Gasteiger partial charge on any atom is 0.407 e. The van der Waals surface area contributed by atoms with Crippen molar-refractivity contribution in [2.45, 2.75) is 65.6 Å². The fourth-order valence-electron chi connectivity index (χ4n) is 6.07. The van der Waals surface area contributed by atoms with E-state index < -0.39 is 23.4 Å².